The number of nitrogens with one attached hydrogen (secondary N) is 1. The first-order valence-electron chi connectivity index (χ1n) is 6.46. The first-order valence-corrected chi connectivity index (χ1v) is 6.46. The van der Waals surface area contributed by atoms with Crippen molar-refractivity contribution in [2.45, 2.75) is 33.2 Å². The fourth-order valence-electron chi connectivity index (χ4n) is 1.83. The Morgan fingerprint density at radius 2 is 2.00 bits per heavy atom. The molecule has 0 aliphatic carbocycles. The standard InChI is InChI=1S/C14H24N2O2/c1-11(2)9-12(3)16-13-5-6-14(15-10-13)18-8-7-17-4/h5-6,10-12,16H,7-9H2,1-4H3. The Labute approximate surface area is 110 Å². The van der Waals surface area contributed by atoms with Gasteiger partial charge in [0.2, 0.25) is 5.88 Å². The zero-order valence-electron chi connectivity index (χ0n) is 11.8. The van der Waals surface area contributed by atoms with Crippen molar-refractivity contribution in [1.29, 1.82) is 0 Å². The number of hydrogen-bond donors (Lipinski definition) is 1. The summed E-state index contributed by atoms with van der Waals surface area (Å²) in [5.74, 6) is 1.33. The van der Waals surface area contributed by atoms with Gasteiger partial charge in [0.25, 0.3) is 0 Å². The van der Waals surface area contributed by atoms with Gasteiger partial charge in [-0.25, -0.2) is 4.98 Å². The number of anilines is 1. The van der Waals surface area contributed by atoms with E-state index in [1.165, 1.54) is 0 Å². The van der Waals surface area contributed by atoms with Gasteiger partial charge in [-0.3, -0.25) is 0 Å². The molecule has 1 aromatic rings. The van der Waals surface area contributed by atoms with Crippen LogP contribution in [-0.2, 0) is 4.74 Å². The highest BCUT2D eigenvalue weighted by atomic mass is 16.5. The molecule has 1 aromatic heterocycles. The van der Waals surface area contributed by atoms with Gasteiger partial charge in [0, 0.05) is 19.2 Å². The van der Waals surface area contributed by atoms with Crippen LogP contribution in [0.5, 0.6) is 5.88 Å². The monoisotopic (exact) mass is 252 g/mol. The molecule has 0 saturated heterocycles. The topological polar surface area (TPSA) is 43.4 Å². The van der Waals surface area contributed by atoms with Gasteiger partial charge in [-0.15, -0.1) is 0 Å². The fourth-order valence-corrected chi connectivity index (χ4v) is 1.83. The van der Waals surface area contributed by atoms with Gasteiger partial charge in [0.05, 0.1) is 18.5 Å². The van der Waals surface area contributed by atoms with Crippen LogP contribution >= 0.6 is 0 Å². The molecule has 18 heavy (non-hydrogen) atoms. The molecule has 0 aromatic carbocycles. The molecule has 1 N–H and O–H groups in total. The summed E-state index contributed by atoms with van der Waals surface area (Å²) in [4.78, 5) is 4.24. The lowest BCUT2D eigenvalue weighted by Gasteiger charge is -2.17. The van der Waals surface area contributed by atoms with Gasteiger partial charge in [-0.05, 0) is 25.3 Å². The van der Waals surface area contributed by atoms with Gasteiger partial charge >= 0.3 is 0 Å². The van der Waals surface area contributed by atoms with Crippen molar-refractivity contribution >= 4 is 5.69 Å². The van der Waals surface area contributed by atoms with Gasteiger partial charge in [-0.2, -0.15) is 0 Å². The van der Waals surface area contributed by atoms with E-state index in [0.29, 0.717) is 31.1 Å². The first-order chi connectivity index (χ1) is 8.61. The molecule has 0 radical (unpaired) electrons. The third-order valence-electron chi connectivity index (χ3n) is 2.51. The van der Waals surface area contributed by atoms with Crippen molar-refractivity contribution in [2.24, 2.45) is 5.92 Å². The van der Waals surface area contributed by atoms with Crippen LogP contribution in [0, 0.1) is 5.92 Å². The molecule has 0 saturated carbocycles. The summed E-state index contributed by atoms with van der Waals surface area (Å²) in [6.07, 6.45) is 2.95. The second kappa shape index (κ2) is 7.93. The van der Waals surface area contributed by atoms with E-state index < -0.39 is 0 Å². The zero-order valence-corrected chi connectivity index (χ0v) is 11.8. The van der Waals surface area contributed by atoms with Crippen LogP contribution in [0.1, 0.15) is 27.2 Å². The van der Waals surface area contributed by atoms with Gasteiger partial charge in [0.15, 0.2) is 0 Å². The highest BCUT2D eigenvalue weighted by Crippen LogP contribution is 2.15. The largest absolute Gasteiger partial charge is 0.475 e. The smallest absolute Gasteiger partial charge is 0.213 e. The van der Waals surface area contributed by atoms with E-state index in [1.54, 1.807) is 13.3 Å². The van der Waals surface area contributed by atoms with E-state index >= 15 is 0 Å². The average molecular weight is 252 g/mol. The molecule has 102 valence electrons. The van der Waals surface area contributed by atoms with Crippen molar-refractivity contribution in [3.63, 3.8) is 0 Å². The van der Waals surface area contributed by atoms with Gasteiger partial charge in [0.1, 0.15) is 6.61 Å². The molecule has 0 bridgehead atoms. The van der Waals surface area contributed by atoms with Crippen LogP contribution in [-0.4, -0.2) is 31.3 Å². The molecule has 0 fully saturated rings. The van der Waals surface area contributed by atoms with E-state index in [9.17, 15) is 0 Å². The highest BCUT2D eigenvalue weighted by Gasteiger charge is 2.05. The molecule has 1 rings (SSSR count). The molecule has 1 unspecified atom stereocenters. The summed E-state index contributed by atoms with van der Waals surface area (Å²) in [6, 6.07) is 4.32. The zero-order chi connectivity index (χ0) is 13.4. The lowest BCUT2D eigenvalue weighted by atomic mass is 10.1. The first kappa shape index (κ1) is 14.8. The van der Waals surface area contributed by atoms with E-state index in [0.717, 1.165) is 12.1 Å². The second-order valence-corrected chi connectivity index (χ2v) is 4.90. The van der Waals surface area contributed by atoms with E-state index in [1.807, 2.05) is 12.1 Å². The second-order valence-electron chi connectivity index (χ2n) is 4.90. The van der Waals surface area contributed by atoms with Crippen molar-refractivity contribution in [2.75, 3.05) is 25.6 Å². The highest BCUT2D eigenvalue weighted by molar-refractivity contribution is 5.42. The van der Waals surface area contributed by atoms with Crippen LogP contribution < -0.4 is 10.1 Å². The van der Waals surface area contributed by atoms with Crippen molar-refractivity contribution < 1.29 is 9.47 Å². The Balaban J connectivity index is 2.39. The summed E-state index contributed by atoms with van der Waals surface area (Å²) in [5, 5.41) is 3.42. The normalized spacial score (nSPS) is 12.5. The predicted octanol–water partition coefficient (Wildman–Crippen LogP) is 2.95. The predicted molar refractivity (Wildman–Crippen MR) is 74.1 cm³/mol. The van der Waals surface area contributed by atoms with Crippen LogP contribution in [0.3, 0.4) is 0 Å². The third kappa shape index (κ3) is 5.87. The number of ether oxygens (including phenoxy) is 2. The van der Waals surface area contributed by atoms with E-state index in [-0.39, 0.29) is 0 Å². The number of hydrogen-bond acceptors (Lipinski definition) is 4. The SMILES string of the molecule is COCCOc1ccc(NC(C)CC(C)C)cn1. The lowest BCUT2D eigenvalue weighted by molar-refractivity contribution is 0.144. The minimum atomic E-state index is 0.451. The molecular weight excluding hydrogens is 228 g/mol. The van der Waals surface area contributed by atoms with Crippen molar-refractivity contribution in [3.05, 3.63) is 18.3 Å². The minimum absolute atomic E-state index is 0.451. The third-order valence-corrected chi connectivity index (χ3v) is 2.51. The summed E-state index contributed by atoms with van der Waals surface area (Å²) >= 11 is 0. The van der Waals surface area contributed by atoms with Gasteiger partial charge < -0.3 is 14.8 Å². The molecule has 1 atom stereocenters. The van der Waals surface area contributed by atoms with Crippen LogP contribution in [0.25, 0.3) is 0 Å². The Morgan fingerprint density at radius 1 is 1.22 bits per heavy atom. The summed E-state index contributed by atoms with van der Waals surface area (Å²) in [6.45, 7) is 7.74. The minimum Gasteiger partial charge on any atom is -0.475 e. The summed E-state index contributed by atoms with van der Waals surface area (Å²) in [5.41, 5.74) is 1.03. The molecule has 4 heteroatoms. The molecule has 0 spiro atoms. The molecule has 0 aliphatic rings. The number of nitrogens with zero attached hydrogens (tertiary/aromatic N) is 1. The number of aromatic nitrogens is 1. The molecule has 0 amide bonds. The summed E-state index contributed by atoms with van der Waals surface area (Å²) in [7, 11) is 1.65. The maximum absolute atomic E-state index is 5.41. The van der Waals surface area contributed by atoms with E-state index in [4.69, 9.17) is 9.47 Å². The molecule has 0 aliphatic heterocycles. The maximum Gasteiger partial charge on any atom is 0.213 e. The Bertz CT molecular complexity index is 325. The fraction of sp³-hybridized carbons (Fsp3) is 0.643. The average Bonchev–Trinajstić information content (AvgIpc) is 2.30. The number of rotatable bonds is 8. The van der Waals surface area contributed by atoms with Crippen molar-refractivity contribution in [1.82, 2.24) is 4.98 Å². The lowest BCUT2D eigenvalue weighted by Crippen LogP contribution is -2.17. The molecular formula is C14H24N2O2. The van der Waals surface area contributed by atoms with Crippen LogP contribution in [0.4, 0.5) is 5.69 Å². The Morgan fingerprint density at radius 3 is 2.56 bits per heavy atom. The van der Waals surface area contributed by atoms with Crippen LogP contribution in [0.2, 0.25) is 0 Å². The molecule has 4 nitrogen and oxygen atoms in total. The quantitative estimate of drug-likeness (QED) is 0.722. The summed E-state index contributed by atoms with van der Waals surface area (Å²) < 4.78 is 10.3. The van der Waals surface area contributed by atoms with E-state index in [2.05, 4.69) is 31.1 Å². The Kier molecular flexibility index (Phi) is 6.50. The van der Waals surface area contributed by atoms with Crippen molar-refractivity contribution in [3.8, 4) is 5.88 Å². The molecule has 1 heterocycles. The van der Waals surface area contributed by atoms with Gasteiger partial charge in [-0.1, -0.05) is 13.8 Å². The van der Waals surface area contributed by atoms with Crippen LogP contribution in [0.15, 0.2) is 18.3 Å². The number of pyridine rings is 1. The number of methoxy groups -OCH3 is 1. The maximum atomic E-state index is 5.41. The Hall–Kier alpha value is -1.29.